The molecule has 0 aliphatic rings. The number of rotatable bonds is 6. The quantitative estimate of drug-likeness (QED) is 0.517. The van der Waals surface area contributed by atoms with Crippen LogP contribution in [-0.2, 0) is 0 Å². The number of hydrogen-bond acceptors (Lipinski definition) is 5. The molecule has 0 saturated heterocycles. The van der Waals surface area contributed by atoms with Crippen LogP contribution in [0.15, 0.2) is 59.1 Å². The van der Waals surface area contributed by atoms with Crippen LogP contribution in [0.25, 0.3) is 10.9 Å². The lowest BCUT2D eigenvalue weighted by atomic mass is 9.91. The van der Waals surface area contributed by atoms with Gasteiger partial charge in [-0.3, -0.25) is 0 Å². The molecule has 6 heteroatoms. The average molecular weight is 372 g/mol. The van der Waals surface area contributed by atoms with Gasteiger partial charge in [0, 0.05) is 36.5 Å². The second kappa shape index (κ2) is 7.49. The van der Waals surface area contributed by atoms with Crippen molar-refractivity contribution >= 4 is 16.8 Å². The first kappa shape index (κ1) is 17.7. The predicted octanol–water partition coefficient (Wildman–Crippen LogP) is 4.59. The smallest absolute Gasteiger partial charge is 0.232 e. The molecule has 1 atom stereocenters. The summed E-state index contributed by atoms with van der Waals surface area (Å²) in [6.07, 6.45) is 2.04. The molecular weight excluding hydrogens is 352 g/mol. The van der Waals surface area contributed by atoms with E-state index in [1.54, 1.807) is 14.0 Å². The van der Waals surface area contributed by atoms with Gasteiger partial charge in [0.2, 0.25) is 11.6 Å². The number of aromatic nitrogens is 2. The maximum atomic E-state index is 9.27. The van der Waals surface area contributed by atoms with E-state index in [9.17, 15) is 5.26 Å². The molecule has 2 heterocycles. The monoisotopic (exact) mass is 372 g/mol. The Morgan fingerprint density at radius 1 is 1.21 bits per heavy atom. The molecule has 140 valence electrons. The van der Waals surface area contributed by atoms with E-state index in [2.05, 4.69) is 45.6 Å². The van der Waals surface area contributed by atoms with Crippen LogP contribution in [0.4, 0.5) is 5.88 Å². The summed E-state index contributed by atoms with van der Waals surface area (Å²) in [7, 11) is 1.66. The van der Waals surface area contributed by atoms with Gasteiger partial charge in [-0.25, -0.2) is 4.98 Å². The van der Waals surface area contributed by atoms with Gasteiger partial charge >= 0.3 is 0 Å². The zero-order chi connectivity index (χ0) is 19.5. The fourth-order valence-corrected chi connectivity index (χ4v) is 3.44. The molecule has 0 spiro atoms. The number of nitrogens with one attached hydrogen (secondary N) is 2. The summed E-state index contributed by atoms with van der Waals surface area (Å²) >= 11 is 0. The van der Waals surface area contributed by atoms with Gasteiger partial charge in [-0.05, 0) is 29.3 Å². The molecule has 0 unspecified atom stereocenters. The summed E-state index contributed by atoms with van der Waals surface area (Å²) in [5.74, 6) is 1.72. The van der Waals surface area contributed by atoms with Crippen molar-refractivity contribution < 1.29 is 9.15 Å². The van der Waals surface area contributed by atoms with Gasteiger partial charge in [-0.15, -0.1) is 0 Å². The first-order valence-electron chi connectivity index (χ1n) is 9.01. The van der Waals surface area contributed by atoms with Crippen LogP contribution < -0.4 is 10.1 Å². The fraction of sp³-hybridized carbons (Fsp3) is 0.182. The second-order valence-electron chi connectivity index (χ2n) is 6.52. The Hall–Kier alpha value is -3.72. The lowest BCUT2D eigenvalue weighted by Gasteiger charge is -2.18. The Morgan fingerprint density at radius 3 is 2.75 bits per heavy atom. The molecule has 2 aromatic heterocycles. The molecule has 0 saturated carbocycles. The lowest BCUT2D eigenvalue weighted by molar-refractivity contribution is 0.414. The number of benzene rings is 2. The number of nitriles is 1. The maximum absolute atomic E-state index is 9.27. The summed E-state index contributed by atoms with van der Waals surface area (Å²) in [5.41, 5.74) is 3.66. The highest BCUT2D eigenvalue weighted by molar-refractivity contribution is 5.84. The Kier molecular flexibility index (Phi) is 4.73. The molecule has 0 aliphatic heterocycles. The molecule has 6 nitrogen and oxygen atoms in total. The number of nitrogens with zero attached hydrogens (tertiary/aromatic N) is 2. The topological polar surface area (TPSA) is 86.9 Å². The number of aromatic amines is 1. The van der Waals surface area contributed by atoms with Crippen molar-refractivity contribution in [2.75, 3.05) is 19.0 Å². The highest BCUT2D eigenvalue weighted by Gasteiger charge is 2.20. The number of H-pyrrole nitrogens is 1. The van der Waals surface area contributed by atoms with E-state index in [0.29, 0.717) is 18.3 Å². The van der Waals surface area contributed by atoms with E-state index in [1.807, 2.05) is 30.5 Å². The molecule has 4 rings (SSSR count). The van der Waals surface area contributed by atoms with Crippen LogP contribution in [0, 0.1) is 18.3 Å². The van der Waals surface area contributed by atoms with Crippen LogP contribution >= 0.6 is 0 Å². The number of methoxy groups -OCH3 is 1. The minimum atomic E-state index is 0.0407. The Labute approximate surface area is 162 Å². The number of anilines is 1. The highest BCUT2D eigenvalue weighted by Crippen LogP contribution is 2.32. The summed E-state index contributed by atoms with van der Waals surface area (Å²) in [5, 5.41) is 13.7. The SMILES string of the molecule is COc1ccc([C@@H](CNc2oc(C)nc2C#N)c2c[nH]c3ccccc23)cc1. The van der Waals surface area contributed by atoms with E-state index in [4.69, 9.17) is 9.15 Å². The zero-order valence-corrected chi connectivity index (χ0v) is 15.7. The zero-order valence-electron chi connectivity index (χ0n) is 15.7. The minimum Gasteiger partial charge on any atom is -0.497 e. The first-order chi connectivity index (χ1) is 13.7. The van der Waals surface area contributed by atoms with Crippen molar-refractivity contribution in [1.29, 1.82) is 5.26 Å². The molecule has 0 fully saturated rings. The first-order valence-corrected chi connectivity index (χ1v) is 9.01. The van der Waals surface area contributed by atoms with Crippen molar-refractivity contribution in [3.63, 3.8) is 0 Å². The average Bonchev–Trinajstić information content (AvgIpc) is 3.32. The van der Waals surface area contributed by atoms with E-state index < -0.39 is 0 Å². The fourth-order valence-electron chi connectivity index (χ4n) is 3.44. The Bertz CT molecular complexity index is 1140. The van der Waals surface area contributed by atoms with Crippen molar-refractivity contribution in [2.24, 2.45) is 0 Å². The van der Waals surface area contributed by atoms with Gasteiger partial charge in [0.25, 0.3) is 0 Å². The van der Waals surface area contributed by atoms with Crippen LogP contribution in [0.1, 0.15) is 28.6 Å². The van der Waals surface area contributed by atoms with Crippen LogP contribution in [0.5, 0.6) is 5.75 Å². The van der Waals surface area contributed by atoms with Crippen molar-refractivity contribution in [3.05, 3.63) is 77.4 Å². The van der Waals surface area contributed by atoms with Crippen molar-refractivity contribution in [3.8, 4) is 11.8 Å². The van der Waals surface area contributed by atoms with Gasteiger partial charge in [0.1, 0.15) is 11.8 Å². The Balaban J connectivity index is 1.71. The minimum absolute atomic E-state index is 0.0407. The number of ether oxygens (including phenoxy) is 1. The highest BCUT2D eigenvalue weighted by atomic mass is 16.5. The lowest BCUT2D eigenvalue weighted by Crippen LogP contribution is -2.14. The summed E-state index contributed by atoms with van der Waals surface area (Å²) in [4.78, 5) is 7.45. The predicted molar refractivity (Wildman–Crippen MR) is 108 cm³/mol. The molecule has 2 N–H and O–H groups in total. The number of hydrogen-bond donors (Lipinski definition) is 2. The molecular formula is C22H20N4O2. The molecule has 0 amide bonds. The molecule has 0 aliphatic carbocycles. The van der Waals surface area contributed by atoms with Crippen LogP contribution in [0.2, 0.25) is 0 Å². The Morgan fingerprint density at radius 2 is 2.00 bits per heavy atom. The molecule has 0 radical (unpaired) electrons. The molecule has 2 aromatic carbocycles. The largest absolute Gasteiger partial charge is 0.497 e. The number of oxazole rings is 1. The van der Waals surface area contributed by atoms with Gasteiger partial charge in [0.15, 0.2) is 5.89 Å². The van der Waals surface area contributed by atoms with Crippen LogP contribution in [-0.4, -0.2) is 23.6 Å². The van der Waals surface area contributed by atoms with Crippen LogP contribution in [0.3, 0.4) is 0 Å². The third-order valence-corrected chi connectivity index (χ3v) is 4.82. The van der Waals surface area contributed by atoms with E-state index >= 15 is 0 Å². The number of para-hydroxylation sites is 1. The van der Waals surface area contributed by atoms with Crippen molar-refractivity contribution in [2.45, 2.75) is 12.8 Å². The molecule has 28 heavy (non-hydrogen) atoms. The standard InChI is InChI=1S/C22H20N4O2/c1-14-26-21(11-23)22(28-14)25-12-18(15-7-9-16(27-2)10-8-15)19-13-24-20-6-4-3-5-17(19)20/h3-10,13,18,24-25H,12H2,1-2H3/t18-/m1/s1. The third kappa shape index (κ3) is 3.30. The second-order valence-corrected chi connectivity index (χ2v) is 6.52. The number of fused-ring (bicyclic) bond motifs is 1. The molecule has 4 aromatic rings. The normalized spacial score (nSPS) is 11.9. The molecule has 0 bridgehead atoms. The van der Waals surface area contributed by atoms with Gasteiger partial charge < -0.3 is 19.5 Å². The third-order valence-electron chi connectivity index (χ3n) is 4.82. The maximum Gasteiger partial charge on any atom is 0.232 e. The van der Waals surface area contributed by atoms with E-state index in [1.165, 1.54) is 10.9 Å². The van der Waals surface area contributed by atoms with Gasteiger partial charge in [-0.1, -0.05) is 30.3 Å². The van der Waals surface area contributed by atoms with Crippen molar-refractivity contribution in [1.82, 2.24) is 9.97 Å². The summed E-state index contributed by atoms with van der Waals surface area (Å²) < 4.78 is 10.9. The van der Waals surface area contributed by atoms with Gasteiger partial charge in [-0.2, -0.15) is 5.26 Å². The van der Waals surface area contributed by atoms with Gasteiger partial charge in [0.05, 0.1) is 7.11 Å². The van der Waals surface area contributed by atoms with E-state index in [0.717, 1.165) is 16.8 Å². The summed E-state index contributed by atoms with van der Waals surface area (Å²) in [6, 6.07) is 18.3. The van der Waals surface area contributed by atoms with E-state index in [-0.39, 0.29) is 11.6 Å². The number of aryl methyl sites for hydroxylation is 1. The summed E-state index contributed by atoms with van der Waals surface area (Å²) in [6.45, 7) is 2.28.